The van der Waals surface area contributed by atoms with Gasteiger partial charge in [0.25, 0.3) is 5.79 Å². The first-order chi connectivity index (χ1) is 7.41. The Bertz CT molecular complexity index is 203. The molecule has 0 spiro atoms. The van der Waals surface area contributed by atoms with Crippen molar-refractivity contribution in [3.05, 3.63) is 0 Å². The van der Waals surface area contributed by atoms with Gasteiger partial charge >= 0.3 is 5.97 Å². The van der Waals surface area contributed by atoms with Gasteiger partial charge in [-0.1, -0.05) is 20.8 Å². The van der Waals surface area contributed by atoms with Crippen LogP contribution in [-0.2, 0) is 14.3 Å². The summed E-state index contributed by atoms with van der Waals surface area (Å²) in [7, 11) is 0. The molecule has 1 N–H and O–H groups in total. The predicted octanol–water partition coefficient (Wildman–Crippen LogP) is 2.81. The van der Waals surface area contributed by atoms with Gasteiger partial charge in [0.2, 0.25) is 0 Å². The molecule has 4 heteroatoms. The van der Waals surface area contributed by atoms with Crippen LogP contribution < -0.4 is 0 Å². The molecule has 0 heterocycles. The van der Waals surface area contributed by atoms with E-state index in [1.807, 2.05) is 27.7 Å². The highest BCUT2D eigenvalue weighted by atomic mass is 16.7. The highest BCUT2D eigenvalue weighted by Crippen LogP contribution is 2.24. The highest BCUT2D eigenvalue weighted by molar-refractivity contribution is 5.75. The third-order valence-electron chi connectivity index (χ3n) is 2.72. The predicted molar refractivity (Wildman–Crippen MR) is 62.3 cm³/mol. The summed E-state index contributed by atoms with van der Waals surface area (Å²) in [5.41, 5.74) is 0. The maximum absolute atomic E-state index is 11.3. The van der Waals surface area contributed by atoms with E-state index in [0.29, 0.717) is 6.42 Å². The summed E-state index contributed by atoms with van der Waals surface area (Å²) < 4.78 is 11.1. The van der Waals surface area contributed by atoms with Gasteiger partial charge in [0.05, 0.1) is 12.2 Å². The van der Waals surface area contributed by atoms with E-state index >= 15 is 0 Å². The molecule has 0 bridgehead atoms. The maximum Gasteiger partial charge on any atom is 0.364 e. The van der Waals surface area contributed by atoms with Crippen molar-refractivity contribution in [1.29, 1.82) is 0 Å². The molecule has 0 saturated heterocycles. The molecule has 96 valence electrons. The van der Waals surface area contributed by atoms with Crippen LogP contribution in [0, 0.1) is 0 Å². The van der Waals surface area contributed by atoms with Gasteiger partial charge in [0, 0.05) is 6.42 Å². The van der Waals surface area contributed by atoms with E-state index < -0.39 is 11.8 Å². The standard InChI is InChI=1S/C12H24O4/c1-6-9(4)15-12(8-3,11(13)14)16-10(5)7-2/h9-10H,6-8H2,1-5H3,(H,13,14). The quantitative estimate of drug-likeness (QED) is 0.654. The van der Waals surface area contributed by atoms with Crippen molar-refractivity contribution in [2.45, 2.75) is 71.9 Å². The summed E-state index contributed by atoms with van der Waals surface area (Å²) in [6.07, 6.45) is 1.58. The van der Waals surface area contributed by atoms with Crippen molar-refractivity contribution < 1.29 is 19.4 Å². The van der Waals surface area contributed by atoms with Gasteiger partial charge in [0.1, 0.15) is 0 Å². The number of hydrogen-bond donors (Lipinski definition) is 1. The van der Waals surface area contributed by atoms with E-state index in [1.165, 1.54) is 0 Å². The zero-order valence-corrected chi connectivity index (χ0v) is 10.9. The van der Waals surface area contributed by atoms with E-state index in [4.69, 9.17) is 9.47 Å². The molecule has 4 nitrogen and oxygen atoms in total. The number of carboxylic acids is 1. The van der Waals surface area contributed by atoms with Crippen LogP contribution in [0.2, 0.25) is 0 Å². The molecular weight excluding hydrogens is 208 g/mol. The fraction of sp³-hybridized carbons (Fsp3) is 0.917. The minimum atomic E-state index is -1.50. The van der Waals surface area contributed by atoms with Crippen molar-refractivity contribution in [1.82, 2.24) is 0 Å². The number of aliphatic carboxylic acids is 1. The largest absolute Gasteiger partial charge is 0.477 e. The summed E-state index contributed by atoms with van der Waals surface area (Å²) in [6.45, 7) is 9.38. The molecule has 2 atom stereocenters. The van der Waals surface area contributed by atoms with Crippen molar-refractivity contribution in [2.24, 2.45) is 0 Å². The second-order valence-corrected chi connectivity index (χ2v) is 4.09. The second-order valence-electron chi connectivity index (χ2n) is 4.09. The summed E-state index contributed by atoms with van der Waals surface area (Å²) in [5, 5.41) is 9.26. The zero-order valence-electron chi connectivity index (χ0n) is 10.9. The number of rotatable bonds is 8. The lowest BCUT2D eigenvalue weighted by molar-refractivity contribution is -0.273. The average Bonchev–Trinajstić information content (AvgIpc) is 2.27. The van der Waals surface area contributed by atoms with Crippen LogP contribution >= 0.6 is 0 Å². The lowest BCUT2D eigenvalue weighted by Gasteiger charge is -2.33. The highest BCUT2D eigenvalue weighted by Gasteiger charge is 2.41. The van der Waals surface area contributed by atoms with Crippen LogP contribution in [0.15, 0.2) is 0 Å². The van der Waals surface area contributed by atoms with Gasteiger partial charge in [-0.2, -0.15) is 0 Å². The molecule has 0 rings (SSSR count). The van der Waals surface area contributed by atoms with Crippen molar-refractivity contribution in [2.75, 3.05) is 0 Å². The van der Waals surface area contributed by atoms with Crippen molar-refractivity contribution in [3.8, 4) is 0 Å². The Morgan fingerprint density at radius 2 is 1.50 bits per heavy atom. The Balaban J connectivity index is 4.78. The molecule has 0 aromatic rings. The number of hydrogen-bond acceptors (Lipinski definition) is 3. The Kier molecular flexibility index (Phi) is 6.60. The molecule has 0 aromatic heterocycles. The fourth-order valence-corrected chi connectivity index (χ4v) is 1.26. The Morgan fingerprint density at radius 1 is 1.12 bits per heavy atom. The molecule has 0 aliphatic rings. The Morgan fingerprint density at radius 3 is 1.69 bits per heavy atom. The van der Waals surface area contributed by atoms with Crippen molar-refractivity contribution >= 4 is 5.97 Å². The van der Waals surface area contributed by atoms with Gasteiger partial charge in [-0.15, -0.1) is 0 Å². The first-order valence-electron chi connectivity index (χ1n) is 6.00. The summed E-state index contributed by atoms with van der Waals surface area (Å²) >= 11 is 0. The average molecular weight is 232 g/mol. The van der Waals surface area contributed by atoms with Gasteiger partial charge in [-0.05, 0) is 26.7 Å². The smallest absolute Gasteiger partial charge is 0.364 e. The van der Waals surface area contributed by atoms with E-state index in [0.717, 1.165) is 12.8 Å². The van der Waals surface area contributed by atoms with Crippen LogP contribution in [-0.4, -0.2) is 29.1 Å². The minimum absolute atomic E-state index is 0.125. The van der Waals surface area contributed by atoms with E-state index in [9.17, 15) is 9.90 Å². The van der Waals surface area contributed by atoms with Crippen molar-refractivity contribution in [3.63, 3.8) is 0 Å². The lowest BCUT2D eigenvalue weighted by Crippen LogP contribution is -2.47. The van der Waals surface area contributed by atoms with Gasteiger partial charge < -0.3 is 14.6 Å². The Labute approximate surface area is 97.9 Å². The summed E-state index contributed by atoms with van der Waals surface area (Å²) in [6, 6.07) is 0. The summed E-state index contributed by atoms with van der Waals surface area (Å²) in [5.74, 6) is -2.54. The minimum Gasteiger partial charge on any atom is -0.477 e. The number of carboxylic acid groups (broad SMARTS) is 1. The molecule has 16 heavy (non-hydrogen) atoms. The number of ether oxygens (including phenoxy) is 2. The third-order valence-corrected chi connectivity index (χ3v) is 2.72. The van der Waals surface area contributed by atoms with E-state index in [-0.39, 0.29) is 12.2 Å². The second kappa shape index (κ2) is 6.86. The lowest BCUT2D eigenvalue weighted by atomic mass is 10.1. The van der Waals surface area contributed by atoms with Crippen LogP contribution in [0.5, 0.6) is 0 Å². The molecule has 0 saturated carbocycles. The van der Waals surface area contributed by atoms with Gasteiger partial charge in [-0.25, -0.2) is 4.79 Å². The summed E-state index contributed by atoms with van der Waals surface area (Å²) in [4.78, 5) is 11.3. The monoisotopic (exact) mass is 232 g/mol. The fourth-order valence-electron chi connectivity index (χ4n) is 1.26. The molecular formula is C12H24O4. The molecule has 0 amide bonds. The maximum atomic E-state index is 11.3. The molecule has 0 radical (unpaired) electrons. The molecule has 2 unspecified atom stereocenters. The topological polar surface area (TPSA) is 55.8 Å². The van der Waals surface area contributed by atoms with Gasteiger partial charge in [0.15, 0.2) is 0 Å². The van der Waals surface area contributed by atoms with Gasteiger partial charge in [-0.3, -0.25) is 0 Å². The van der Waals surface area contributed by atoms with E-state index in [1.54, 1.807) is 6.92 Å². The number of carbonyl (C=O) groups is 1. The van der Waals surface area contributed by atoms with E-state index in [2.05, 4.69) is 0 Å². The Hall–Kier alpha value is -0.610. The molecule has 0 fully saturated rings. The molecule has 0 aliphatic heterocycles. The first-order valence-corrected chi connectivity index (χ1v) is 6.00. The zero-order chi connectivity index (χ0) is 12.8. The SMILES string of the molecule is CCC(C)OC(CC)(OC(C)CC)C(=O)O. The third kappa shape index (κ3) is 4.10. The first kappa shape index (κ1) is 15.4. The van der Waals surface area contributed by atoms with Crippen LogP contribution in [0.1, 0.15) is 53.9 Å². The normalized spacial score (nSPS) is 18.8. The van der Waals surface area contributed by atoms with Crippen LogP contribution in [0.4, 0.5) is 0 Å². The van der Waals surface area contributed by atoms with Crippen LogP contribution in [0.3, 0.4) is 0 Å². The van der Waals surface area contributed by atoms with Crippen LogP contribution in [0.25, 0.3) is 0 Å². The molecule has 0 aliphatic carbocycles. The molecule has 0 aromatic carbocycles.